The van der Waals surface area contributed by atoms with Gasteiger partial charge >= 0.3 is 6.18 Å². The third-order valence-corrected chi connectivity index (χ3v) is 2.61. The Labute approximate surface area is 115 Å². The Morgan fingerprint density at radius 1 is 1.25 bits per heavy atom. The fraction of sp³-hybridized carbons (Fsp3) is 0.667. The molecule has 1 aromatic rings. The molecular weight excluding hydrogens is 273 g/mol. The summed E-state index contributed by atoms with van der Waals surface area (Å²) in [7, 11) is 0. The van der Waals surface area contributed by atoms with Crippen molar-refractivity contribution >= 4 is 11.8 Å². The van der Waals surface area contributed by atoms with Crippen LogP contribution in [0, 0.1) is 0 Å². The molecule has 1 heterocycles. The number of aromatic nitrogens is 2. The van der Waals surface area contributed by atoms with Crippen LogP contribution in [-0.2, 0) is 6.18 Å². The van der Waals surface area contributed by atoms with Crippen LogP contribution >= 0.6 is 0 Å². The Morgan fingerprint density at radius 2 is 1.95 bits per heavy atom. The summed E-state index contributed by atoms with van der Waals surface area (Å²) in [6, 6.07) is 0.860. The van der Waals surface area contributed by atoms with Gasteiger partial charge in [0.2, 0.25) is 5.95 Å². The second-order valence-electron chi connectivity index (χ2n) is 4.27. The molecular formula is C12H19F3N4O. The maximum absolute atomic E-state index is 12.7. The molecule has 8 heteroatoms. The van der Waals surface area contributed by atoms with E-state index in [0.29, 0.717) is 25.9 Å². The number of anilines is 2. The van der Waals surface area contributed by atoms with Crippen LogP contribution < -0.4 is 10.6 Å². The Balaban J connectivity index is 2.81. The second-order valence-corrected chi connectivity index (χ2v) is 4.27. The molecule has 1 aromatic heterocycles. The third-order valence-electron chi connectivity index (χ3n) is 2.61. The lowest BCUT2D eigenvalue weighted by atomic mass is 10.2. The van der Waals surface area contributed by atoms with Gasteiger partial charge in [-0.2, -0.15) is 18.2 Å². The van der Waals surface area contributed by atoms with Crippen LogP contribution in [0.1, 0.15) is 32.4 Å². The standard InChI is InChI=1S/C12H19F3N4O/c1-3-8(20)5-6-17-10-7-9(12(13,14)15)18-11(19-10)16-4-2/h7-8,20H,3-6H2,1-2H3,(H2,16,17,18,19). The van der Waals surface area contributed by atoms with Gasteiger partial charge in [-0.15, -0.1) is 0 Å². The van der Waals surface area contributed by atoms with Crippen molar-refractivity contribution in [1.29, 1.82) is 0 Å². The van der Waals surface area contributed by atoms with Gasteiger partial charge in [0, 0.05) is 19.2 Å². The van der Waals surface area contributed by atoms with Gasteiger partial charge in [0.25, 0.3) is 0 Å². The van der Waals surface area contributed by atoms with Gasteiger partial charge in [-0.25, -0.2) is 4.98 Å². The fourth-order valence-electron chi connectivity index (χ4n) is 1.49. The highest BCUT2D eigenvalue weighted by Gasteiger charge is 2.33. The van der Waals surface area contributed by atoms with Crippen LogP contribution in [-0.4, -0.2) is 34.3 Å². The van der Waals surface area contributed by atoms with Crippen molar-refractivity contribution in [3.63, 3.8) is 0 Å². The van der Waals surface area contributed by atoms with E-state index in [-0.39, 0.29) is 11.8 Å². The average molecular weight is 292 g/mol. The van der Waals surface area contributed by atoms with Crippen LogP contribution in [0.15, 0.2) is 6.07 Å². The molecule has 0 spiro atoms. The number of halogens is 3. The minimum absolute atomic E-state index is 0.0686. The lowest BCUT2D eigenvalue weighted by molar-refractivity contribution is -0.141. The number of aliphatic hydroxyl groups excluding tert-OH is 1. The number of hydrogen-bond acceptors (Lipinski definition) is 5. The molecule has 1 rings (SSSR count). The van der Waals surface area contributed by atoms with E-state index in [1.165, 1.54) is 0 Å². The molecule has 0 aliphatic heterocycles. The molecule has 0 aromatic carbocycles. The Hall–Kier alpha value is -1.57. The van der Waals surface area contributed by atoms with Crippen LogP contribution in [0.5, 0.6) is 0 Å². The number of nitrogens with zero attached hydrogens (tertiary/aromatic N) is 2. The van der Waals surface area contributed by atoms with Crippen molar-refractivity contribution in [3.8, 4) is 0 Å². The Kier molecular flexibility index (Phi) is 6.00. The predicted molar refractivity (Wildman–Crippen MR) is 70.6 cm³/mol. The second kappa shape index (κ2) is 7.28. The molecule has 114 valence electrons. The van der Waals surface area contributed by atoms with Gasteiger partial charge < -0.3 is 15.7 Å². The van der Waals surface area contributed by atoms with Crippen LogP contribution in [0.3, 0.4) is 0 Å². The Bertz CT molecular complexity index is 426. The summed E-state index contributed by atoms with van der Waals surface area (Å²) in [5, 5.41) is 14.8. The SMILES string of the molecule is CCNc1nc(NCCC(O)CC)cc(C(F)(F)F)n1. The summed E-state index contributed by atoms with van der Waals surface area (Å²) in [6.45, 7) is 4.35. The maximum Gasteiger partial charge on any atom is 0.433 e. The van der Waals surface area contributed by atoms with Crippen molar-refractivity contribution in [2.75, 3.05) is 23.7 Å². The number of aliphatic hydroxyl groups is 1. The summed E-state index contributed by atoms with van der Waals surface area (Å²) in [5.41, 5.74) is -0.998. The quantitative estimate of drug-likeness (QED) is 0.720. The van der Waals surface area contributed by atoms with Gasteiger partial charge in [0.15, 0.2) is 5.69 Å². The summed E-state index contributed by atoms with van der Waals surface area (Å²) >= 11 is 0. The summed E-state index contributed by atoms with van der Waals surface area (Å²) in [5.74, 6) is 0.0208. The zero-order chi connectivity index (χ0) is 15.2. The largest absolute Gasteiger partial charge is 0.433 e. The first-order valence-corrected chi connectivity index (χ1v) is 6.48. The molecule has 1 atom stereocenters. The van der Waals surface area contributed by atoms with E-state index in [2.05, 4.69) is 20.6 Å². The van der Waals surface area contributed by atoms with Crippen molar-refractivity contribution in [2.45, 2.75) is 39.0 Å². The molecule has 0 radical (unpaired) electrons. The first-order chi connectivity index (χ1) is 9.36. The van der Waals surface area contributed by atoms with Crippen molar-refractivity contribution < 1.29 is 18.3 Å². The van der Waals surface area contributed by atoms with Crippen LogP contribution in [0.25, 0.3) is 0 Å². The van der Waals surface area contributed by atoms with Gasteiger partial charge in [0.1, 0.15) is 5.82 Å². The predicted octanol–water partition coefficient (Wildman–Crippen LogP) is 2.50. The van der Waals surface area contributed by atoms with E-state index in [4.69, 9.17) is 0 Å². The van der Waals surface area contributed by atoms with E-state index < -0.39 is 18.0 Å². The zero-order valence-electron chi connectivity index (χ0n) is 11.5. The Morgan fingerprint density at radius 3 is 2.50 bits per heavy atom. The molecule has 0 aliphatic carbocycles. The normalized spacial score (nSPS) is 13.1. The number of rotatable bonds is 7. The monoisotopic (exact) mass is 292 g/mol. The molecule has 0 saturated heterocycles. The number of alkyl halides is 3. The lowest BCUT2D eigenvalue weighted by Gasteiger charge is -2.13. The molecule has 0 bridgehead atoms. The fourth-order valence-corrected chi connectivity index (χ4v) is 1.49. The number of hydrogen-bond donors (Lipinski definition) is 3. The lowest BCUT2D eigenvalue weighted by Crippen LogP contribution is -2.16. The molecule has 0 aliphatic rings. The topological polar surface area (TPSA) is 70.1 Å². The summed E-state index contributed by atoms with van der Waals surface area (Å²) < 4.78 is 38.1. The van der Waals surface area contributed by atoms with Crippen LogP contribution in [0.4, 0.5) is 24.9 Å². The van der Waals surface area contributed by atoms with Gasteiger partial charge in [-0.3, -0.25) is 0 Å². The van der Waals surface area contributed by atoms with Gasteiger partial charge in [-0.1, -0.05) is 6.92 Å². The van der Waals surface area contributed by atoms with E-state index in [0.717, 1.165) is 6.07 Å². The summed E-state index contributed by atoms with van der Waals surface area (Å²) in [4.78, 5) is 7.36. The molecule has 1 unspecified atom stereocenters. The van der Waals surface area contributed by atoms with Crippen LogP contribution in [0.2, 0.25) is 0 Å². The zero-order valence-corrected chi connectivity index (χ0v) is 11.5. The minimum atomic E-state index is -4.52. The summed E-state index contributed by atoms with van der Waals surface area (Å²) in [6.07, 6.45) is -3.95. The van der Waals surface area contributed by atoms with E-state index in [9.17, 15) is 18.3 Å². The first kappa shape index (κ1) is 16.5. The molecule has 0 amide bonds. The van der Waals surface area contributed by atoms with Gasteiger partial charge in [-0.05, 0) is 19.8 Å². The van der Waals surface area contributed by atoms with E-state index >= 15 is 0 Å². The van der Waals surface area contributed by atoms with Crippen molar-refractivity contribution in [3.05, 3.63) is 11.8 Å². The van der Waals surface area contributed by atoms with Crippen molar-refractivity contribution in [2.24, 2.45) is 0 Å². The van der Waals surface area contributed by atoms with E-state index in [1.54, 1.807) is 6.92 Å². The average Bonchev–Trinajstić information content (AvgIpc) is 2.37. The number of nitrogens with one attached hydrogen (secondary N) is 2. The van der Waals surface area contributed by atoms with E-state index in [1.807, 2.05) is 6.92 Å². The minimum Gasteiger partial charge on any atom is -0.393 e. The third kappa shape index (κ3) is 5.20. The molecule has 5 nitrogen and oxygen atoms in total. The maximum atomic E-state index is 12.7. The van der Waals surface area contributed by atoms with Crippen molar-refractivity contribution in [1.82, 2.24) is 9.97 Å². The van der Waals surface area contributed by atoms with Gasteiger partial charge in [0.05, 0.1) is 6.10 Å². The molecule has 20 heavy (non-hydrogen) atoms. The molecule has 0 fully saturated rings. The first-order valence-electron chi connectivity index (χ1n) is 6.48. The highest BCUT2D eigenvalue weighted by atomic mass is 19.4. The molecule has 3 N–H and O–H groups in total. The highest BCUT2D eigenvalue weighted by molar-refractivity contribution is 5.43. The smallest absolute Gasteiger partial charge is 0.393 e. The molecule has 0 saturated carbocycles. The highest BCUT2D eigenvalue weighted by Crippen LogP contribution is 2.29.